The molecule has 0 saturated carbocycles. The van der Waals surface area contributed by atoms with E-state index >= 15 is 0 Å². The summed E-state index contributed by atoms with van der Waals surface area (Å²) in [5.74, 6) is -0.653. The second-order valence-electron chi connectivity index (χ2n) is 3.18. The minimum Gasteiger partial charge on any atom is -0.319 e. The van der Waals surface area contributed by atoms with Gasteiger partial charge >= 0.3 is 10.2 Å². The topological polar surface area (TPSA) is 89.0 Å². The maximum atomic E-state index is 13.0. The number of carbonyl (C=O) groups is 1. The molecule has 18 heavy (non-hydrogen) atoms. The van der Waals surface area contributed by atoms with Gasteiger partial charge in [-0.3, -0.25) is 4.79 Å². The van der Waals surface area contributed by atoms with Crippen LogP contribution in [0.15, 0.2) is 34.5 Å². The fourth-order valence-corrected chi connectivity index (χ4v) is 2.29. The summed E-state index contributed by atoms with van der Waals surface area (Å²) in [5, 5.41) is 7.17. The van der Waals surface area contributed by atoms with E-state index in [0.717, 1.165) is 17.6 Å². The monoisotopic (exact) mass is 287 g/mol. The lowest BCUT2D eigenvalue weighted by atomic mass is 10.3. The fraction of sp³-hybridized carbons (Fsp3) is 0. The van der Waals surface area contributed by atoms with Gasteiger partial charge in [-0.1, -0.05) is 16.6 Å². The smallest absolute Gasteiger partial charge is 0.319 e. The third-order valence-corrected chi connectivity index (χ3v) is 3.38. The predicted molar refractivity (Wildman–Crippen MR) is 62.6 cm³/mol. The Morgan fingerprint density at radius 1 is 1.33 bits per heavy atom. The van der Waals surface area contributed by atoms with Gasteiger partial charge in [-0.25, -0.2) is 0 Å². The molecule has 1 aromatic carbocycles. The number of anilines is 1. The van der Waals surface area contributed by atoms with Crippen LogP contribution in [0.3, 0.4) is 0 Å². The van der Waals surface area contributed by atoms with Crippen LogP contribution in [0.2, 0.25) is 0 Å². The molecule has 0 bridgehead atoms. The quantitative estimate of drug-likeness (QED) is 0.863. The summed E-state index contributed by atoms with van der Waals surface area (Å²) < 4.78 is 38.2. The van der Waals surface area contributed by atoms with Gasteiger partial charge in [-0.15, -0.1) is 8.98 Å². The third-order valence-electron chi connectivity index (χ3n) is 1.99. The highest BCUT2D eigenvalue weighted by molar-refractivity contribution is 7.86. The summed E-state index contributed by atoms with van der Waals surface area (Å²) in [5.41, 5.74) is -0.107. The number of benzene rings is 1. The number of hydrogen-bond donors (Lipinski definition) is 1. The standard InChI is InChI=1S/C9H6FN3O3S2/c10-18(15,16)8-4-2-1-3-6(8)11-9(14)7-5-17-13-12-7/h1-5H,(H,11,14). The Balaban J connectivity index is 2.33. The molecule has 94 valence electrons. The molecule has 0 saturated heterocycles. The molecular weight excluding hydrogens is 281 g/mol. The van der Waals surface area contributed by atoms with Crippen molar-refractivity contribution in [3.63, 3.8) is 0 Å². The molecule has 9 heteroatoms. The fourth-order valence-electron chi connectivity index (χ4n) is 1.23. The van der Waals surface area contributed by atoms with Crippen molar-refractivity contribution in [1.29, 1.82) is 0 Å². The molecular formula is C9H6FN3O3S2. The van der Waals surface area contributed by atoms with Crippen LogP contribution in [0.1, 0.15) is 10.5 Å². The van der Waals surface area contributed by atoms with Crippen molar-refractivity contribution in [2.24, 2.45) is 0 Å². The Morgan fingerprint density at radius 2 is 2.06 bits per heavy atom. The van der Waals surface area contributed by atoms with E-state index in [4.69, 9.17) is 0 Å². The Kier molecular flexibility index (Phi) is 3.34. The molecule has 0 atom stereocenters. The molecule has 1 aromatic heterocycles. The molecule has 0 radical (unpaired) electrons. The molecule has 0 spiro atoms. The zero-order valence-electron chi connectivity index (χ0n) is 8.70. The van der Waals surface area contributed by atoms with Gasteiger partial charge in [-0.2, -0.15) is 8.42 Å². The van der Waals surface area contributed by atoms with Gasteiger partial charge in [0.25, 0.3) is 5.91 Å². The van der Waals surface area contributed by atoms with Gasteiger partial charge in [0.2, 0.25) is 0 Å². The zero-order chi connectivity index (χ0) is 13.2. The number of hydrogen-bond acceptors (Lipinski definition) is 6. The molecule has 0 aliphatic carbocycles. The number of nitrogens with zero attached hydrogens (tertiary/aromatic N) is 2. The summed E-state index contributed by atoms with van der Waals surface area (Å²) in [6.07, 6.45) is 0. The Hall–Kier alpha value is -1.87. The minimum atomic E-state index is -4.90. The molecule has 1 amide bonds. The van der Waals surface area contributed by atoms with Crippen LogP contribution in [-0.4, -0.2) is 23.9 Å². The number of rotatable bonds is 3. The normalized spacial score (nSPS) is 11.2. The van der Waals surface area contributed by atoms with E-state index in [1.165, 1.54) is 23.6 Å². The van der Waals surface area contributed by atoms with E-state index in [2.05, 4.69) is 14.9 Å². The molecule has 2 rings (SSSR count). The molecule has 0 unspecified atom stereocenters. The van der Waals surface area contributed by atoms with E-state index in [1.54, 1.807) is 0 Å². The van der Waals surface area contributed by atoms with E-state index in [-0.39, 0.29) is 11.4 Å². The molecule has 6 nitrogen and oxygen atoms in total. The summed E-state index contributed by atoms with van der Waals surface area (Å²) in [6.45, 7) is 0. The first-order valence-electron chi connectivity index (χ1n) is 4.60. The average Bonchev–Trinajstić information content (AvgIpc) is 2.81. The van der Waals surface area contributed by atoms with Crippen molar-refractivity contribution in [2.75, 3.05) is 5.32 Å². The number of amides is 1. The first kappa shape index (κ1) is 12.6. The lowest BCUT2D eigenvalue weighted by molar-refractivity contribution is 0.102. The highest BCUT2D eigenvalue weighted by atomic mass is 32.3. The van der Waals surface area contributed by atoms with Crippen molar-refractivity contribution in [2.45, 2.75) is 4.90 Å². The number of carbonyl (C=O) groups excluding carboxylic acids is 1. The minimum absolute atomic E-state index is 0.0334. The van der Waals surface area contributed by atoms with E-state index in [1.807, 2.05) is 0 Å². The van der Waals surface area contributed by atoms with E-state index < -0.39 is 21.0 Å². The average molecular weight is 287 g/mol. The van der Waals surface area contributed by atoms with Crippen molar-refractivity contribution in [1.82, 2.24) is 9.59 Å². The van der Waals surface area contributed by atoms with Crippen molar-refractivity contribution in [3.8, 4) is 0 Å². The maximum absolute atomic E-state index is 13.0. The van der Waals surface area contributed by atoms with E-state index in [9.17, 15) is 17.1 Å². The van der Waals surface area contributed by atoms with Gasteiger partial charge in [0.05, 0.1) is 5.69 Å². The van der Waals surface area contributed by atoms with Gasteiger partial charge in [0.15, 0.2) is 5.69 Å². The predicted octanol–water partition coefficient (Wildman–Crippen LogP) is 1.45. The second kappa shape index (κ2) is 4.78. The second-order valence-corrected chi connectivity index (χ2v) is 5.10. The molecule has 2 aromatic rings. The van der Waals surface area contributed by atoms with Gasteiger partial charge in [-0.05, 0) is 23.7 Å². The Morgan fingerprint density at radius 3 is 2.67 bits per heavy atom. The Labute approximate surface area is 106 Å². The Bertz CT molecular complexity index is 670. The number of aromatic nitrogens is 2. The maximum Gasteiger partial charge on any atom is 0.334 e. The molecule has 1 N–H and O–H groups in total. The number of halogens is 1. The van der Waals surface area contributed by atoms with Crippen LogP contribution >= 0.6 is 11.5 Å². The zero-order valence-corrected chi connectivity index (χ0v) is 10.3. The number of nitrogens with one attached hydrogen (secondary N) is 1. The van der Waals surface area contributed by atoms with E-state index in [0.29, 0.717) is 0 Å². The van der Waals surface area contributed by atoms with Crippen LogP contribution in [0.5, 0.6) is 0 Å². The van der Waals surface area contributed by atoms with Gasteiger partial charge in [0, 0.05) is 5.38 Å². The van der Waals surface area contributed by atoms with Crippen molar-refractivity contribution >= 4 is 33.4 Å². The van der Waals surface area contributed by atoms with Gasteiger partial charge in [0.1, 0.15) is 4.90 Å². The van der Waals surface area contributed by atoms with Crippen LogP contribution in [0, 0.1) is 0 Å². The third kappa shape index (κ3) is 2.68. The van der Waals surface area contributed by atoms with Crippen LogP contribution in [-0.2, 0) is 10.2 Å². The summed E-state index contributed by atoms with van der Waals surface area (Å²) in [4.78, 5) is 11.0. The van der Waals surface area contributed by atoms with Crippen LogP contribution in [0.4, 0.5) is 9.57 Å². The van der Waals surface area contributed by atoms with Gasteiger partial charge < -0.3 is 5.32 Å². The summed E-state index contributed by atoms with van der Waals surface area (Å²) >= 11 is 0.974. The van der Waals surface area contributed by atoms with Crippen LogP contribution in [0.25, 0.3) is 0 Å². The molecule has 0 aliphatic heterocycles. The van der Waals surface area contributed by atoms with Crippen molar-refractivity contribution < 1.29 is 17.1 Å². The highest BCUT2D eigenvalue weighted by Gasteiger charge is 2.19. The highest BCUT2D eigenvalue weighted by Crippen LogP contribution is 2.23. The first-order chi connectivity index (χ1) is 8.48. The molecule has 1 heterocycles. The lowest BCUT2D eigenvalue weighted by Gasteiger charge is -2.06. The largest absolute Gasteiger partial charge is 0.334 e. The summed E-state index contributed by atoms with van der Waals surface area (Å²) in [7, 11) is -4.90. The molecule has 0 aliphatic rings. The first-order valence-corrected chi connectivity index (χ1v) is 6.82. The number of para-hydroxylation sites is 1. The van der Waals surface area contributed by atoms with Crippen molar-refractivity contribution in [3.05, 3.63) is 35.3 Å². The molecule has 0 fully saturated rings. The van der Waals surface area contributed by atoms with Crippen LogP contribution < -0.4 is 5.32 Å². The SMILES string of the molecule is O=C(Nc1ccccc1S(=O)(=O)F)c1csnn1. The lowest BCUT2D eigenvalue weighted by Crippen LogP contribution is -2.14. The summed E-state index contributed by atoms with van der Waals surface area (Å²) in [6, 6.07) is 5.17.